The second kappa shape index (κ2) is 4.25. The molecule has 1 saturated heterocycles. The molecule has 0 aromatic rings. The molecule has 74 valence electrons. The number of carbonyl (C=O) groups excluding carboxylic acids is 2. The van der Waals surface area contributed by atoms with Gasteiger partial charge in [-0.25, -0.2) is 0 Å². The summed E-state index contributed by atoms with van der Waals surface area (Å²) in [5.41, 5.74) is 0. The van der Waals surface area contributed by atoms with Crippen molar-refractivity contribution in [2.75, 3.05) is 19.6 Å². The molecule has 0 bridgehead atoms. The van der Waals surface area contributed by atoms with Crippen LogP contribution in [-0.4, -0.2) is 36.3 Å². The maximum Gasteiger partial charge on any atom is 0.225 e. The van der Waals surface area contributed by atoms with E-state index >= 15 is 0 Å². The fraction of sp³-hybridized carbons (Fsp3) is 0.778. The Hall–Kier alpha value is -1.06. The molecule has 13 heavy (non-hydrogen) atoms. The number of amides is 2. The van der Waals surface area contributed by atoms with Gasteiger partial charge in [0.2, 0.25) is 11.8 Å². The van der Waals surface area contributed by atoms with Crippen LogP contribution in [0.4, 0.5) is 0 Å². The largest absolute Gasteiger partial charge is 0.356 e. The summed E-state index contributed by atoms with van der Waals surface area (Å²) < 4.78 is 0. The third-order valence-electron chi connectivity index (χ3n) is 2.32. The van der Waals surface area contributed by atoms with Crippen molar-refractivity contribution in [3.05, 3.63) is 0 Å². The van der Waals surface area contributed by atoms with E-state index in [-0.39, 0.29) is 17.7 Å². The van der Waals surface area contributed by atoms with E-state index < -0.39 is 0 Å². The fourth-order valence-corrected chi connectivity index (χ4v) is 1.57. The smallest absolute Gasteiger partial charge is 0.225 e. The van der Waals surface area contributed by atoms with Crippen molar-refractivity contribution in [2.24, 2.45) is 5.92 Å². The molecule has 1 unspecified atom stereocenters. The summed E-state index contributed by atoms with van der Waals surface area (Å²) in [6.07, 6.45) is 0.375. The van der Waals surface area contributed by atoms with Gasteiger partial charge < -0.3 is 10.2 Å². The van der Waals surface area contributed by atoms with Crippen LogP contribution in [-0.2, 0) is 9.59 Å². The van der Waals surface area contributed by atoms with E-state index in [1.54, 1.807) is 4.90 Å². The van der Waals surface area contributed by atoms with Gasteiger partial charge in [0, 0.05) is 26.1 Å². The van der Waals surface area contributed by atoms with Gasteiger partial charge in [-0.3, -0.25) is 9.59 Å². The molecule has 2 amide bonds. The number of nitrogens with zero attached hydrogens (tertiary/aromatic N) is 1. The average molecular weight is 184 g/mol. The van der Waals surface area contributed by atoms with Crippen LogP contribution in [0.1, 0.15) is 20.3 Å². The van der Waals surface area contributed by atoms with Crippen LogP contribution in [0.3, 0.4) is 0 Å². The number of hydrogen-bond donors (Lipinski definition) is 1. The van der Waals surface area contributed by atoms with Gasteiger partial charge in [-0.1, -0.05) is 0 Å². The lowest BCUT2D eigenvalue weighted by Crippen LogP contribution is -2.32. The molecule has 0 aliphatic carbocycles. The van der Waals surface area contributed by atoms with E-state index in [2.05, 4.69) is 5.32 Å². The molecule has 0 aromatic heterocycles. The van der Waals surface area contributed by atoms with Crippen molar-refractivity contribution in [1.82, 2.24) is 10.2 Å². The van der Waals surface area contributed by atoms with E-state index in [0.717, 1.165) is 0 Å². The fourth-order valence-electron chi connectivity index (χ4n) is 1.57. The molecule has 4 nitrogen and oxygen atoms in total. The molecular formula is C9H16N2O2. The van der Waals surface area contributed by atoms with Gasteiger partial charge in [-0.15, -0.1) is 0 Å². The van der Waals surface area contributed by atoms with Gasteiger partial charge >= 0.3 is 0 Å². The third kappa shape index (κ3) is 2.20. The van der Waals surface area contributed by atoms with E-state index in [0.29, 0.717) is 26.1 Å². The van der Waals surface area contributed by atoms with E-state index in [4.69, 9.17) is 0 Å². The number of carbonyl (C=O) groups is 2. The maximum absolute atomic E-state index is 11.4. The Balaban J connectivity index is 2.48. The van der Waals surface area contributed by atoms with Crippen LogP contribution in [0.5, 0.6) is 0 Å². The molecule has 0 radical (unpaired) electrons. The highest BCUT2D eigenvalue weighted by molar-refractivity contribution is 5.89. The average Bonchev–Trinajstić information content (AvgIpc) is 2.47. The van der Waals surface area contributed by atoms with Gasteiger partial charge in [0.15, 0.2) is 0 Å². The van der Waals surface area contributed by atoms with E-state index in [1.807, 2.05) is 13.8 Å². The van der Waals surface area contributed by atoms with Crippen molar-refractivity contribution in [1.29, 1.82) is 0 Å². The molecule has 1 rings (SSSR count). The second-order valence-corrected chi connectivity index (χ2v) is 3.23. The number of hydrogen-bond acceptors (Lipinski definition) is 2. The lowest BCUT2D eigenvalue weighted by Gasteiger charge is -2.12. The van der Waals surface area contributed by atoms with Gasteiger partial charge in [-0.05, 0) is 13.8 Å². The third-order valence-corrected chi connectivity index (χ3v) is 2.32. The van der Waals surface area contributed by atoms with Crippen LogP contribution < -0.4 is 5.32 Å². The van der Waals surface area contributed by atoms with Gasteiger partial charge in [-0.2, -0.15) is 0 Å². The molecule has 1 N–H and O–H groups in total. The normalized spacial score (nSPS) is 22.2. The summed E-state index contributed by atoms with van der Waals surface area (Å²) in [5.74, 6) is -0.0297. The zero-order valence-corrected chi connectivity index (χ0v) is 8.17. The first-order valence-electron chi connectivity index (χ1n) is 4.74. The first kappa shape index (κ1) is 10.0. The standard InChI is InChI=1S/C9H16N2O2/c1-3-10-9(13)7-5-8(12)11(4-2)6-7/h7H,3-6H2,1-2H3,(H,10,13). The monoisotopic (exact) mass is 184 g/mol. The minimum Gasteiger partial charge on any atom is -0.356 e. The summed E-state index contributed by atoms with van der Waals surface area (Å²) in [5, 5.41) is 2.73. The molecule has 1 atom stereocenters. The first-order chi connectivity index (χ1) is 6.19. The SMILES string of the molecule is CCNC(=O)C1CC(=O)N(CC)C1. The number of nitrogens with one attached hydrogen (secondary N) is 1. The van der Waals surface area contributed by atoms with Gasteiger partial charge in [0.25, 0.3) is 0 Å². The zero-order valence-electron chi connectivity index (χ0n) is 8.17. The maximum atomic E-state index is 11.4. The number of likely N-dealkylation sites (tertiary alicyclic amines) is 1. The van der Waals surface area contributed by atoms with Crippen molar-refractivity contribution in [3.63, 3.8) is 0 Å². The van der Waals surface area contributed by atoms with Crippen molar-refractivity contribution >= 4 is 11.8 Å². The summed E-state index contributed by atoms with van der Waals surface area (Å²) in [6, 6.07) is 0. The van der Waals surface area contributed by atoms with Crippen LogP contribution in [0.25, 0.3) is 0 Å². The van der Waals surface area contributed by atoms with Gasteiger partial charge in [0.1, 0.15) is 0 Å². The minimum atomic E-state index is -0.132. The van der Waals surface area contributed by atoms with Crippen molar-refractivity contribution in [3.8, 4) is 0 Å². The molecular weight excluding hydrogens is 168 g/mol. The van der Waals surface area contributed by atoms with Crippen LogP contribution in [0.2, 0.25) is 0 Å². The lowest BCUT2D eigenvalue weighted by atomic mass is 10.1. The second-order valence-electron chi connectivity index (χ2n) is 3.23. The molecule has 0 aromatic carbocycles. The summed E-state index contributed by atoms with van der Waals surface area (Å²) in [7, 11) is 0. The molecule has 0 spiro atoms. The highest BCUT2D eigenvalue weighted by atomic mass is 16.2. The van der Waals surface area contributed by atoms with Gasteiger partial charge in [0.05, 0.1) is 5.92 Å². The Kier molecular flexibility index (Phi) is 3.28. The first-order valence-corrected chi connectivity index (χ1v) is 4.74. The lowest BCUT2D eigenvalue weighted by molar-refractivity contribution is -0.128. The topological polar surface area (TPSA) is 49.4 Å². The van der Waals surface area contributed by atoms with Crippen molar-refractivity contribution < 1.29 is 9.59 Å². The zero-order chi connectivity index (χ0) is 9.84. The highest BCUT2D eigenvalue weighted by Crippen LogP contribution is 2.16. The Morgan fingerprint density at radius 3 is 2.77 bits per heavy atom. The predicted octanol–water partition coefficient (Wildman–Crippen LogP) is -0.00910. The molecule has 1 aliphatic rings. The van der Waals surface area contributed by atoms with Crippen molar-refractivity contribution in [2.45, 2.75) is 20.3 Å². The summed E-state index contributed by atoms with van der Waals surface area (Å²) >= 11 is 0. The molecule has 1 fully saturated rings. The van der Waals surface area contributed by atoms with Crippen LogP contribution in [0, 0.1) is 5.92 Å². The van der Waals surface area contributed by atoms with Crippen LogP contribution >= 0.6 is 0 Å². The summed E-state index contributed by atoms with van der Waals surface area (Å²) in [4.78, 5) is 24.4. The minimum absolute atomic E-state index is 0.00630. The predicted molar refractivity (Wildman–Crippen MR) is 49.0 cm³/mol. The molecule has 1 heterocycles. The number of rotatable bonds is 3. The Bertz CT molecular complexity index is 216. The molecule has 0 saturated carbocycles. The van der Waals surface area contributed by atoms with E-state index in [9.17, 15) is 9.59 Å². The molecule has 4 heteroatoms. The molecule has 1 aliphatic heterocycles. The quantitative estimate of drug-likeness (QED) is 0.670. The highest BCUT2D eigenvalue weighted by Gasteiger charge is 2.32. The van der Waals surface area contributed by atoms with Crippen LogP contribution in [0.15, 0.2) is 0 Å². The van der Waals surface area contributed by atoms with E-state index in [1.165, 1.54) is 0 Å². The Morgan fingerprint density at radius 1 is 1.62 bits per heavy atom. The summed E-state index contributed by atoms with van der Waals surface area (Å²) in [6.45, 7) is 5.73. The Labute approximate surface area is 78.3 Å². The Morgan fingerprint density at radius 2 is 2.31 bits per heavy atom.